The van der Waals surface area contributed by atoms with Gasteiger partial charge in [0.15, 0.2) is 0 Å². The molecule has 3 nitrogen and oxygen atoms in total. The second-order valence-electron chi connectivity index (χ2n) is 5.19. The molecule has 0 spiro atoms. The Kier molecular flexibility index (Phi) is 5.03. The molecule has 0 fully saturated rings. The van der Waals surface area contributed by atoms with Crippen LogP contribution in [0.5, 0.6) is 0 Å². The lowest BCUT2D eigenvalue weighted by atomic mass is 10.1. The third-order valence-electron chi connectivity index (χ3n) is 3.09. The second-order valence-corrected chi connectivity index (χ2v) is 6.13. The minimum atomic E-state index is -4.80. The summed E-state index contributed by atoms with van der Waals surface area (Å²) in [6.45, 7) is 3.95. The lowest BCUT2D eigenvalue weighted by Crippen LogP contribution is -2.26. The van der Waals surface area contributed by atoms with Crippen LogP contribution in [0.25, 0.3) is 0 Å². The Morgan fingerprint density at radius 1 is 1.35 bits per heavy atom. The lowest BCUT2D eigenvalue weighted by Gasteiger charge is -2.12. The molecular formula is C15H14F4N2OS. The topological polar surface area (TPSA) is 42.0 Å². The van der Waals surface area contributed by atoms with Gasteiger partial charge >= 0.3 is 6.18 Å². The summed E-state index contributed by atoms with van der Waals surface area (Å²) in [5, 5.41) is 4.82. The van der Waals surface area contributed by atoms with E-state index in [9.17, 15) is 22.4 Å². The Labute approximate surface area is 134 Å². The van der Waals surface area contributed by atoms with Crippen LogP contribution in [0.2, 0.25) is 0 Å². The third kappa shape index (κ3) is 4.28. The zero-order chi connectivity index (χ0) is 17.2. The lowest BCUT2D eigenvalue weighted by molar-refractivity contribution is -0.138. The number of carbonyl (C=O) groups is 1. The summed E-state index contributed by atoms with van der Waals surface area (Å²) < 4.78 is 51.7. The largest absolute Gasteiger partial charge is 0.417 e. The van der Waals surface area contributed by atoms with E-state index in [1.165, 1.54) is 11.3 Å². The molecule has 1 N–H and O–H groups in total. The standard InChI is InChI=1S/C15H14F4N2OS/c1-8(2)12-7-23-13(21-12)6-20-14(22)10-4-3-9(16)5-11(10)15(17,18)19/h3-5,7-8H,6H2,1-2H3,(H,20,22). The molecule has 0 saturated carbocycles. The molecule has 1 heterocycles. The maximum Gasteiger partial charge on any atom is 0.417 e. The van der Waals surface area contributed by atoms with Crippen molar-refractivity contribution in [3.8, 4) is 0 Å². The van der Waals surface area contributed by atoms with E-state index in [0.717, 1.165) is 17.8 Å². The molecular weight excluding hydrogens is 332 g/mol. The Bertz CT molecular complexity index is 710. The van der Waals surface area contributed by atoms with E-state index in [-0.39, 0.29) is 12.5 Å². The maximum absolute atomic E-state index is 13.0. The summed E-state index contributed by atoms with van der Waals surface area (Å²) in [5.74, 6) is -1.74. The number of nitrogens with one attached hydrogen (secondary N) is 1. The van der Waals surface area contributed by atoms with Crippen molar-refractivity contribution in [1.82, 2.24) is 10.3 Å². The number of amides is 1. The number of alkyl halides is 3. The van der Waals surface area contributed by atoms with Gasteiger partial charge in [0.25, 0.3) is 5.91 Å². The van der Waals surface area contributed by atoms with Gasteiger partial charge in [-0.2, -0.15) is 13.2 Å². The average molecular weight is 346 g/mol. The minimum absolute atomic E-state index is 0.0187. The van der Waals surface area contributed by atoms with Gasteiger partial charge in [-0.1, -0.05) is 13.8 Å². The van der Waals surface area contributed by atoms with Gasteiger partial charge in [0, 0.05) is 5.38 Å². The van der Waals surface area contributed by atoms with Crippen molar-refractivity contribution in [3.63, 3.8) is 0 Å². The summed E-state index contributed by atoms with van der Waals surface area (Å²) >= 11 is 1.32. The molecule has 2 aromatic rings. The van der Waals surface area contributed by atoms with Gasteiger partial charge < -0.3 is 5.32 Å². The van der Waals surface area contributed by atoms with E-state index in [4.69, 9.17) is 0 Å². The summed E-state index contributed by atoms with van der Waals surface area (Å²) in [5.41, 5.74) is -1.05. The highest BCUT2D eigenvalue weighted by Crippen LogP contribution is 2.32. The van der Waals surface area contributed by atoms with Gasteiger partial charge in [0.1, 0.15) is 10.8 Å². The van der Waals surface area contributed by atoms with Crippen molar-refractivity contribution >= 4 is 17.2 Å². The van der Waals surface area contributed by atoms with E-state index in [2.05, 4.69) is 10.3 Å². The van der Waals surface area contributed by atoms with Crippen LogP contribution in [0.3, 0.4) is 0 Å². The molecule has 0 aliphatic rings. The highest BCUT2D eigenvalue weighted by atomic mass is 32.1. The van der Waals surface area contributed by atoms with Gasteiger partial charge in [-0.3, -0.25) is 4.79 Å². The number of hydrogen-bond donors (Lipinski definition) is 1. The molecule has 0 atom stereocenters. The molecule has 1 aromatic heterocycles. The first kappa shape index (κ1) is 17.4. The van der Waals surface area contributed by atoms with E-state index < -0.39 is 29.0 Å². The molecule has 1 amide bonds. The van der Waals surface area contributed by atoms with Crippen LogP contribution in [0.4, 0.5) is 17.6 Å². The zero-order valence-electron chi connectivity index (χ0n) is 12.4. The van der Waals surface area contributed by atoms with Crippen molar-refractivity contribution in [1.29, 1.82) is 0 Å². The first-order valence-electron chi connectivity index (χ1n) is 6.77. The molecule has 0 bridgehead atoms. The van der Waals surface area contributed by atoms with Crippen LogP contribution in [-0.4, -0.2) is 10.9 Å². The normalized spacial score (nSPS) is 11.8. The molecule has 124 valence electrons. The molecule has 1 aromatic carbocycles. The van der Waals surface area contributed by atoms with Crippen molar-refractivity contribution < 1.29 is 22.4 Å². The quantitative estimate of drug-likeness (QED) is 0.836. The predicted molar refractivity (Wildman–Crippen MR) is 78.8 cm³/mol. The molecule has 2 rings (SSSR count). The maximum atomic E-state index is 13.0. The van der Waals surface area contributed by atoms with Crippen molar-refractivity contribution in [2.24, 2.45) is 0 Å². The summed E-state index contributed by atoms with van der Waals surface area (Å²) in [4.78, 5) is 16.3. The summed E-state index contributed by atoms with van der Waals surface area (Å²) in [7, 11) is 0. The minimum Gasteiger partial charge on any atom is -0.346 e. The van der Waals surface area contributed by atoms with Gasteiger partial charge in [-0.15, -0.1) is 11.3 Å². The van der Waals surface area contributed by atoms with Crippen LogP contribution < -0.4 is 5.32 Å². The zero-order valence-corrected chi connectivity index (χ0v) is 13.2. The average Bonchev–Trinajstić information content (AvgIpc) is 2.93. The van der Waals surface area contributed by atoms with Crippen molar-refractivity contribution in [3.05, 3.63) is 51.2 Å². The number of halogens is 4. The second kappa shape index (κ2) is 6.66. The number of aromatic nitrogens is 1. The summed E-state index contributed by atoms with van der Waals surface area (Å²) in [6.07, 6.45) is -4.80. The van der Waals surface area contributed by atoms with Crippen molar-refractivity contribution in [2.75, 3.05) is 0 Å². The SMILES string of the molecule is CC(C)c1csc(CNC(=O)c2ccc(F)cc2C(F)(F)F)n1. The summed E-state index contributed by atoms with van der Waals surface area (Å²) in [6, 6.07) is 1.97. The van der Waals surface area contributed by atoms with E-state index in [0.29, 0.717) is 11.1 Å². The molecule has 0 aliphatic heterocycles. The number of thiazole rings is 1. The Morgan fingerprint density at radius 3 is 2.61 bits per heavy atom. The Balaban J connectivity index is 2.14. The Morgan fingerprint density at radius 2 is 2.04 bits per heavy atom. The molecule has 8 heteroatoms. The fraction of sp³-hybridized carbons (Fsp3) is 0.333. The number of rotatable bonds is 4. The smallest absolute Gasteiger partial charge is 0.346 e. The number of hydrogen-bond acceptors (Lipinski definition) is 3. The van der Waals surface area contributed by atoms with Crippen LogP contribution in [0.1, 0.15) is 46.4 Å². The third-order valence-corrected chi connectivity index (χ3v) is 3.96. The molecule has 0 saturated heterocycles. The molecule has 0 aliphatic carbocycles. The molecule has 0 unspecified atom stereocenters. The van der Waals surface area contributed by atoms with Crippen LogP contribution in [0.15, 0.2) is 23.6 Å². The van der Waals surface area contributed by atoms with Crippen LogP contribution in [-0.2, 0) is 12.7 Å². The monoisotopic (exact) mass is 346 g/mol. The van der Waals surface area contributed by atoms with E-state index in [1.807, 2.05) is 19.2 Å². The highest BCUT2D eigenvalue weighted by Gasteiger charge is 2.35. The fourth-order valence-electron chi connectivity index (χ4n) is 1.87. The van der Waals surface area contributed by atoms with Crippen molar-refractivity contribution in [2.45, 2.75) is 32.5 Å². The fourth-order valence-corrected chi connectivity index (χ4v) is 2.77. The van der Waals surface area contributed by atoms with Crippen LogP contribution in [0, 0.1) is 5.82 Å². The first-order valence-corrected chi connectivity index (χ1v) is 7.65. The van der Waals surface area contributed by atoms with Gasteiger partial charge in [0.2, 0.25) is 0 Å². The highest BCUT2D eigenvalue weighted by molar-refractivity contribution is 7.09. The van der Waals surface area contributed by atoms with Gasteiger partial charge in [-0.25, -0.2) is 9.37 Å². The van der Waals surface area contributed by atoms with E-state index in [1.54, 1.807) is 0 Å². The number of carbonyl (C=O) groups excluding carboxylic acids is 1. The molecule has 23 heavy (non-hydrogen) atoms. The predicted octanol–water partition coefficient (Wildman–Crippen LogP) is 4.35. The van der Waals surface area contributed by atoms with Gasteiger partial charge in [0.05, 0.1) is 23.4 Å². The van der Waals surface area contributed by atoms with E-state index >= 15 is 0 Å². The first-order chi connectivity index (χ1) is 10.7. The number of nitrogens with zero attached hydrogens (tertiary/aromatic N) is 1. The molecule has 0 radical (unpaired) electrons. The van der Waals surface area contributed by atoms with Gasteiger partial charge in [-0.05, 0) is 24.1 Å². The van der Waals surface area contributed by atoms with Crippen LogP contribution >= 0.6 is 11.3 Å². The number of benzene rings is 1. The Hall–Kier alpha value is -1.96.